The number of hydrogen-bond donors (Lipinski definition) is 0. The Balaban J connectivity index is 1.43. The molecule has 1 aliphatic carbocycles. The third-order valence-electron chi connectivity index (χ3n) is 5.29. The van der Waals surface area contributed by atoms with Gasteiger partial charge in [0.2, 0.25) is 5.91 Å². The fourth-order valence-electron chi connectivity index (χ4n) is 3.78. The molecule has 23 heavy (non-hydrogen) atoms. The van der Waals surface area contributed by atoms with E-state index in [1.54, 1.807) is 6.07 Å². The highest BCUT2D eigenvalue weighted by Crippen LogP contribution is 2.25. The van der Waals surface area contributed by atoms with Crippen LogP contribution in [-0.4, -0.2) is 48.4 Å². The number of carbonyl (C=O) groups is 1. The SMILES string of the molecule is O=C(C1CCCCC1)N1CCN(CCc2ccccc2F)CC1. The summed E-state index contributed by atoms with van der Waals surface area (Å²) in [6.45, 7) is 4.34. The van der Waals surface area contributed by atoms with Gasteiger partial charge in [0.25, 0.3) is 0 Å². The van der Waals surface area contributed by atoms with E-state index < -0.39 is 0 Å². The summed E-state index contributed by atoms with van der Waals surface area (Å²) in [5, 5.41) is 0. The zero-order chi connectivity index (χ0) is 16.1. The molecule has 3 nitrogen and oxygen atoms in total. The van der Waals surface area contributed by atoms with E-state index in [2.05, 4.69) is 9.80 Å². The average Bonchev–Trinajstić information content (AvgIpc) is 2.62. The second kappa shape index (κ2) is 7.91. The van der Waals surface area contributed by atoms with Gasteiger partial charge in [-0.15, -0.1) is 0 Å². The Morgan fingerprint density at radius 2 is 1.74 bits per heavy atom. The van der Waals surface area contributed by atoms with Crippen LogP contribution < -0.4 is 0 Å². The van der Waals surface area contributed by atoms with E-state index in [1.165, 1.54) is 25.3 Å². The standard InChI is InChI=1S/C19H27FN2O/c20-18-9-5-4-6-16(18)10-11-21-12-14-22(15-13-21)19(23)17-7-2-1-3-8-17/h4-6,9,17H,1-3,7-8,10-15H2. The molecular weight excluding hydrogens is 291 g/mol. The van der Waals surface area contributed by atoms with E-state index in [9.17, 15) is 9.18 Å². The van der Waals surface area contributed by atoms with Gasteiger partial charge >= 0.3 is 0 Å². The molecule has 1 aromatic carbocycles. The molecule has 1 aromatic rings. The summed E-state index contributed by atoms with van der Waals surface area (Å²) in [6.07, 6.45) is 6.59. The van der Waals surface area contributed by atoms with Gasteiger partial charge in [-0.2, -0.15) is 0 Å². The highest BCUT2D eigenvalue weighted by molar-refractivity contribution is 5.79. The summed E-state index contributed by atoms with van der Waals surface area (Å²) in [5.74, 6) is 0.533. The van der Waals surface area contributed by atoms with Crippen LogP contribution in [0.1, 0.15) is 37.7 Å². The molecule has 0 unspecified atom stereocenters. The zero-order valence-corrected chi connectivity index (χ0v) is 13.8. The van der Waals surface area contributed by atoms with E-state index >= 15 is 0 Å². The summed E-state index contributed by atoms with van der Waals surface area (Å²) < 4.78 is 13.6. The van der Waals surface area contributed by atoms with Crippen LogP contribution in [0.3, 0.4) is 0 Å². The lowest BCUT2D eigenvalue weighted by atomic mass is 9.88. The lowest BCUT2D eigenvalue weighted by Gasteiger charge is -2.37. The van der Waals surface area contributed by atoms with Gasteiger partial charge in [-0.3, -0.25) is 9.69 Å². The fraction of sp³-hybridized carbons (Fsp3) is 0.632. The molecule has 1 amide bonds. The van der Waals surface area contributed by atoms with Crippen molar-refractivity contribution in [2.75, 3.05) is 32.7 Å². The molecule has 0 atom stereocenters. The van der Waals surface area contributed by atoms with Crippen LogP contribution in [0, 0.1) is 11.7 Å². The lowest BCUT2D eigenvalue weighted by molar-refractivity contribution is -0.138. The summed E-state index contributed by atoms with van der Waals surface area (Å²) in [5.41, 5.74) is 0.785. The number of halogens is 1. The van der Waals surface area contributed by atoms with Gasteiger partial charge in [0.05, 0.1) is 0 Å². The Bertz CT molecular complexity index is 520. The van der Waals surface area contributed by atoms with Crippen LogP contribution in [0.4, 0.5) is 4.39 Å². The first-order valence-corrected chi connectivity index (χ1v) is 8.98. The number of piperazine rings is 1. The number of amides is 1. The Morgan fingerprint density at radius 1 is 1.04 bits per heavy atom. The van der Waals surface area contributed by atoms with Crippen LogP contribution in [0.25, 0.3) is 0 Å². The van der Waals surface area contributed by atoms with E-state index in [0.29, 0.717) is 5.91 Å². The predicted octanol–water partition coefficient (Wildman–Crippen LogP) is 3.09. The van der Waals surface area contributed by atoms with Crippen LogP contribution in [0.2, 0.25) is 0 Å². The molecular formula is C19H27FN2O. The van der Waals surface area contributed by atoms with Crippen molar-refractivity contribution < 1.29 is 9.18 Å². The minimum absolute atomic E-state index is 0.112. The van der Waals surface area contributed by atoms with Crippen molar-refractivity contribution in [2.45, 2.75) is 38.5 Å². The van der Waals surface area contributed by atoms with Gasteiger partial charge in [0, 0.05) is 38.6 Å². The number of nitrogens with zero attached hydrogens (tertiary/aromatic N) is 2. The average molecular weight is 318 g/mol. The van der Waals surface area contributed by atoms with Crippen LogP contribution >= 0.6 is 0 Å². The highest BCUT2D eigenvalue weighted by Gasteiger charge is 2.28. The van der Waals surface area contributed by atoms with Gasteiger partial charge in [0.1, 0.15) is 5.82 Å². The van der Waals surface area contributed by atoms with Crippen molar-refractivity contribution in [3.8, 4) is 0 Å². The Morgan fingerprint density at radius 3 is 2.43 bits per heavy atom. The number of carbonyl (C=O) groups excluding carboxylic acids is 1. The summed E-state index contributed by atoms with van der Waals surface area (Å²) >= 11 is 0. The van der Waals surface area contributed by atoms with Gasteiger partial charge in [-0.05, 0) is 30.9 Å². The summed E-state index contributed by atoms with van der Waals surface area (Å²) in [6, 6.07) is 7.00. The molecule has 1 saturated carbocycles. The maximum atomic E-state index is 13.6. The fourth-order valence-corrected chi connectivity index (χ4v) is 3.78. The van der Waals surface area contributed by atoms with Crippen LogP contribution in [-0.2, 0) is 11.2 Å². The van der Waals surface area contributed by atoms with Crippen molar-refractivity contribution >= 4 is 5.91 Å². The van der Waals surface area contributed by atoms with Gasteiger partial charge in [0.15, 0.2) is 0 Å². The third kappa shape index (κ3) is 4.31. The van der Waals surface area contributed by atoms with Gasteiger partial charge in [-0.25, -0.2) is 4.39 Å². The summed E-state index contributed by atoms with van der Waals surface area (Å²) in [4.78, 5) is 16.9. The first kappa shape index (κ1) is 16.4. The second-order valence-corrected chi connectivity index (χ2v) is 6.84. The molecule has 2 fully saturated rings. The van der Waals surface area contributed by atoms with Gasteiger partial charge in [-0.1, -0.05) is 37.5 Å². The van der Waals surface area contributed by atoms with Crippen LogP contribution in [0.15, 0.2) is 24.3 Å². The minimum atomic E-state index is -0.112. The van der Waals surface area contributed by atoms with E-state index in [-0.39, 0.29) is 11.7 Å². The Hall–Kier alpha value is -1.42. The monoisotopic (exact) mass is 318 g/mol. The minimum Gasteiger partial charge on any atom is -0.340 e. The predicted molar refractivity (Wildman–Crippen MR) is 89.7 cm³/mol. The third-order valence-corrected chi connectivity index (χ3v) is 5.29. The molecule has 0 spiro atoms. The zero-order valence-electron chi connectivity index (χ0n) is 13.8. The largest absolute Gasteiger partial charge is 0.340 e. The van der Waals surface area contributed by atoms with E-state index in [1.807, 2.05) is 12.1 Å². The number of rotatable bonds is 4. The molecule has 0 radical (unpaired) electrons. The maximum absolute atomic E-state index is 13.6. The van der Waals surface area contributed by atoms with E-state index in [4.69, 9.17) is 0 Å². The molecule has 0 aromatic heterocycles. The number of hydrogen-bond acceptors (Lipinski definition) is 2. The van der Waals surface area contributed by atoms with Crippen molar-refractivity contribution in [1.82, 2.24) is 9.80 Å². The molecule has 1 heterocycles. The Labute approximate surface area is 138 Å². The molecule has 2 aliphatic rings. The first-order valence-electron chi connectivity index (χ1n) is 8.98. The highest BCUT2D eigenvalue weighted by atomic mass is 19.1. The molecule has 3 rings (SSSR count). The summed E-state index contributed by atoms with van der Waals surface area (Å²) in [7, 11) is 0. The second-order valence-electron chi connectivity index (χ2n) is 6.84. The van der Waals surface area contributed by atoms with Crippen molar-refractivity contribution in [2.24, 2.45) is 5.92 Å². The molecule has 4 heteroatoms. The lowest BCUT2D eigenvalue weighted by Crippen LogP contribution is -2.50. The van der Waals surface area contributed by atoms with Gasteiger partial charge < -0.3 is 4.90 Å². The molecule has 0 bridgehead atoms. The maximum Gasteiger partial charge on any atom is 0.225 e. The van der Waals surface area contributed by atoms with E-state index in [0.717, 1.165) is 57.5 Å². The Kier molecular flexibility index (Phi) is 5.65. The van der Waals surface area contributed by atoms with Crippen molar-refractivity contribution in [3.05, 3.63) is 35.6 Å². The van der Waals surface area contributed by atoms with Crippen molar-refractivity contribution in [1.29, 1.82) is 0 Å². The quantitative estimate of drug-likeness (QED) is 0.852. The normalized spacial score (nSPS) is 20.7. The smallest absolute Gasteiger partial charge is 0.225 e. The molecule has 0 N–H and O–H groups in total. The van der Waals surface area contributed by atoms with Crippen LogP contribution in [0.5, 0.6) is 0 Å². The molecule has 1 aliphatic heterocycles. The first-order chi connectivity index (χ1) is 11.2. The topological polar surface area (TPSA) is 23.6 Å². The number of benzene rings is 1. The van der Waals surface area contributed by atoms with Crippen molar-refractivity contribution in [3.63, 3.8) is 0 Å². The molecule has 126 valence electrons. The molecule has 1 saturated heterocycles.